The van der Waals surface area contributed by atoms with Crippen LogP contribution in [0.3, 0.4) is 0 Å². The number of oxime groups is 1. The molecule has 5 rings (SSSR count). The quantitative estimate of drug-likeness (QED) is 0.241. The fourth-order valence-corrected chi connectivity index (χ4v) is 7.61. The third-order valence-electron chi connectivity index (χ3n) is 9.27. The smallest absolute Gasteiger partial charge is 0.338 e. The van der Waals surface area contributed by atoms with E-state index in [-0.39, 0.29) is 22.9 Å². The summed E-state index contributed by atoms with van der Waals surface area (Å²) in [6.07, 6.45) is 10.8. The van der Waals surface area contributed by atoms with Crippen molar-refractivity contribution in [1.29, 1.82) is 0 Å². The van der Waals surface area contributed by atoms with Gasteiger partial charge in [-0.1, -0.05) is 42.3 Å². The second-order valence-electron chi connectivity index (χ2n) is 10.6. The summed E-state index contributed by atoms with van der Waals surface area (Å²) in [6, 6.07) is 6.92. The van der Waals surface area contributed by atoms with Crippen molar-refractivity contribution in [2.75, 3.05) is 0 Å². The molecule has 3 fully saturated rings. The highest BCUT2D eigenvalue weighted by Gasteiger charge is 2.58. The Morgan fingerprint density at radius 2 is 1.81 bits per heavy atom. The number of fused-ring (bicyclic) bond motifs is 5. The van der Waals surface area contributed by atoms with Crippen LogP contribution < -0.4 is 0 Å². The Balaban J connectivity index is 1.32. The van der Waals surface area contributed by atoms with Gasteiger partial charge >= 0.3 is 5.97 Å². The van der Waals surface area contributed by atoms with E-state index >= 15 is 0 Å². The fourth-order valence-electron chi connectivity index (χ4n) is 7.49. The lowest BCUT2D eigenvalue weighted by atomic mass is 9.48. The molecule has 1 aromatic rings. The Bertz CT molecular complexity index is 938. The fraction of sp³-hybridized carbons (Fsp3) is 0.615. The molecule has 4 aliphatic rings. The van der Waals surface area contributed by atoms with Crippen LogP contribution in [0.2, 0.25) is 5.02 Å². The molecule has 0 radical (unpaired) electrons. The number of hydrogen-bond donors (Lipinski definition) is 1. The van der Waals surface area contributed by atoms with Gasteiger partial charge in [0, 0.05) is 16.9 Å². The number of allylic oxidation sites excluding steroid dienone is 1. The van der Waals surface area contributed by atoms with E-state index in [9.17, 15) is 10.0 Å². The minimum absolute atomic E-state index is 0.0486. The van der Waals surface area contributed by atoms with Crippen LogP contribution >= 0.6 is 11.6 Å². The molecular formula is C26H32ClNO3. The van der Waals surface area contributed by atoms with E-state index in [1.54, 1.807) is 24.3 Å². The van der Waals surface area contributed by atoms with Crippen LogP contribution in [-0.2, 0) is 4.74 Å². The lowest BCUT2D eigenvalue weighted by molar-refractivity contribution is -0.0287. The summed E-state index contributed by atoms with van der Waals surface area (Å²) in [5, 5.41) is 13.8. The maximum Gasteiger partial charge on any atom is 0.338 e. The molecule has 1 N–H and O–H groups in total. The zero-order valence-electron chi connectivity index (χ0n) is 18.4. The van der Waals surface area contributed by atoms with Crippen LogP contribution in [0.1, 0.15) is 75.6 Å². The van der Waals surface area contributed by atoms with Crippen LogP contribution in [0.15, 0.2) is 41.1 Å². The molecule has 0 aromatic heterocycles. The molecule has 31 heavy (non-hydrogen) atoms. The highest BCUT2D eigenvalue weighted by molar-refractivity contribution is 6.30. The summed E-state index contributed by atoms with van der Waals surface area (Å²) in [5.74, 6) is 1.71. The third-order valence-corrected chi connectivity index (χ3v) is 9.53. The molecule has 0 heterocycles. The first-order valence-corrected chi connectivity index (χ1v) is 12.1. The van der Waals surface area contributed by atoms with Gasteiger partial charge in [0.15, 0.2) is 0 Å². The van der Waals surface area contributed by atoms with Crippen molar-refractivity contribution in [3.8, 4) is 0 Å². The van der Waals surface area contributed by atoms with Crippen molar-refractivity contribution in [3.63, 3.8) is 0 Å². The topological polar surface area (TPSA) is 58.9 Å². The number of carbonyl (C=O) groups is 1. The predicted octanol–water partition coefficient (Wildman–Crippen LogP) is 6.66. The molecule has 166 valence electrons. The number of halogens is 1. The van der Waals surface area contributed by atoms with Crippen molar-refractivity contribution < 1.29 is 14.7 Å². The van der Waals surface area contributed by atoms with Crippen molar-refractivity contribution >= 4 is 23.3 Å². The molecule has 5 heteroatoms. The zero-order valence-corrected chi connectivity index (χ0v) is 19.2. The normalized spacial score (nSPS) is 40.5. The Morgan fingerprint density at radius 3 is 2.55 bits per heavy atom. The number of esters is 1. The van der Waals surface area contributed by atoms with E-state index in [0.717, 1.165) is 50.7 Å². The first-order valence-electron chi connectivity index (χ1n) is 11.7. The predicted molar refractivity (Wildman–Crippen MR) is 122 cm³/mol. The van der Waals surface area contributed by atoms with E-state index < -0.39 is 0 Å². The Kier molecular flexibility index (Phi) is 5.20. The van der Waals surface area contributed by atoms with Gasteiger partial charge in [0.1, 0.15) is 6.10 Å². The van der Waals surface area contributed by atoms with Crippen molar-refractivity contribution in [3.05, 3.63) is 46.5 Å². The summed E-state index contributed by atoms with van der Waals surface area (Å²) in [6.45, 7) is 4.77. The average Bonchev–Trinajstić information content (AvgIpc) is 3.10. The largest absolute Gasteiger partial charge is 0.458 e. The Morgan fingerprint density at radius 1 is 1.10 bits per heavy atom. The van der Waals surface area contributed by atoms with E-state index in [2.05, 4.69) is 25.1 Å². The molecule has 4 aliphatic carbocycles. The molecule has 0 amide bonds. The summed E-state index contributed by atoms with van der Waals surface area (Å²) in [4.78, 5) is 12.6. The molecule has 4 nitrogen and oxygen atoms in total. The Hall–Kier alpha value is -1.81. The van der Waals surface area contributed by atoms with Gasteiger partial charge in [-0.25, -0.2) is 4.79 Å². The second kappa shape index (κ2) is 7.65. The van der Waals surface area contributed by atoms with Crippen LogP contribution in [0, 0.1) is 28.6 Å². The molecule has 0 saturated heterocycles. The molecular weight excluding hydrogens is 410 g/mol. The van der Waals surface area contributed by atoms with E-state index in [1.807, 2.05) is 0 Å². The van der Waals surface area contributed by atoms with Crippen molar-refractivity contribution in [2.45, 2.75) is 71.3 Å². The minimum atomic E-state index is -0.255. The highest BCUT2D eigenvalue weighted by Crippen LogP contribution is 2.64. The van der Waals surface area contributed by atoms with Gasteiger partial charge in [-0.2, -0.15) is 0 Å². The summed E-state index contributed by atoms with van der Waals surface area (Å²) >= 11 is 5.94. The molecule has 0 spiro atoms. The van der Waals surface area contributed by atoms with Gasteiger partial charge in [-0.15, -0.1) is 0 Å². The lowest BCUT2D eigenvalue weighted by Gasteiger charge is -2.57. The number of benzene rings is 1. The van der Waals surface area contributed by atoms with Gasteiger partial charge in [0.05, 0.1) is 11.3 Å². The van der Waals surface area contributed by atoms with E-state index in [4.69, 9.17) is 16.3 Å². The summed E-state index contributed by atoms with van der Waals surface area (Å²) in [7, 11) is 0. The van der Waals surface area contributed by atoms with Crippen molar-refractivity contribution in [1.82, 2.24) is 0 Å². The van der Waals surface area contributed by atoms with Gasteiger partial charge in [-0.05, 0) is 92.4 Å². The number of ether oxygens (including phenoxy) is 1. The van der Waals surface area contributed by atoms with Gasteiger partial charge in [0.25, 0.3) is 0 Å². The number of hydrogen-bond acceptors (Lipinski definition) is 4. The monoisotopic (exact) mass is 441 g/mol. The molecule has 6 atom stereocenters. The first-order chi connectivity index (χ1) is 14.8. The van der Waals surface area contributed by atoms with E-state index in [1.165, 1.54) is 12.0 Å². The standard InChI is InChI=1S/C26H32ClNO3/c1-25-13-11-19(31-24(29)16-3-6-18(27)7-4-16)15-17(25)5-8-20-21-9-10-23(28-30)26(21,2)14-12-22(20)25/h3-7,19-22,30H,8-15H2,1-2H3/b28-23-/t19-,20?,21?,22?,25-,26-/m0/s1. The SMILES string of the molecule is C[C@]12CC[C@H](OC(=O)c3ccc(Cl)cc3)CC1=CCC1C2CC[C@]2(C)/C(=N\O)CCC12. The van der Waals surface area contributed by atoms with Gasteiger partial charge in [0.2, 0.25) is 0 Å². The molecule has 1 aromatic carbocycles. The lowest BCUT2D eigenvalue weighted by Crippen LogP contribution is -2.50. The summed E-state index contributed by atoms with van der Waals surface area (Å²) < 4.78 is 5.89. The third kappa shape index (κ3) is 3.33. The van der Waals surface area contributed by atoms with Crippen LogP contribution in [0.5, 0.6) is 0 Å². The Labute approximate surface area is 189 Å². The van der Waals surface area contributed by atoms with Gasteiger partial charge < -0.3 is 9.94 Å². The number of nitrogens with zero attached hydrogens (tertiary/aromatic N) is 1. The number of rotatable bonds is 2. The maximum atomic E-state index is 12.6. The average molecular weight is 442 g/mol. The van der Waals surface area contributed by atoms with Gasteiger partial charge in [-0.3, -0.25) is 0 Å². The number of carbonyl (C=O) groups excluding carboxylic acids is 1. The summed E-state index contributed by atoms with van der Waals surface area (Å²) in [5.41, 5.74) is 3.35. The minimum Gasteiger partial charge on any atom is -0.458 e. The second-order valence-corrected chi connectivity index (χ2v) is 11.0. The molecule has 0 bridgehead atoms. The van der Waals surface area contributed by atoms with Crippen LogP contribution in [0.25, 0.3) is 0 Å². The van der Waals surface area contributed by atoms with Crippen LogP contribution in [-0.4, -0.2) is 23.0 Å². The van der Waals surface area contributed by atoms with Crippen molar-refractivity contribution in [2.24, 2.45) is 33.7 Å². The van der Waals surface area contributed by atoms with E-state index in [0.29, 0.717) is 28.3 Å². The molecule has 0 aliphatic heterocycles. The molecule has 3 unspecified atom stereocenters. The maximum absolute atomic E-state index is 12.6. The highest BCUT2D eigenvalue weighted by atomic mass is 35.5. The zero-order chi connectivity index (χ0) is 21.8. The molecule has 3 saturated carbocycles. The first kappa shape index (κ1) is 21.1. The van der Waals surface area contributed by atoms with Crippen LogP contribution in [0.4, 0.5) is 0 Å².